The van der Waals surface area contributed by atoms with Gasteiger partial charge >= 0.3 is 5.97 Å². The zero-order valence-corrected chi connectivity index (χ0v) is 19.4. The number of rotatable bonds is 3. The van der Waals surface area contributed by atoms with E-state index in [1.54, 1.807) is 25.1 Å². The van der Waals surface area contributed by atoms with Crippen LogP contribution in [0.1, 0.15) is 69.4 Å². The molecule has 1 aliphatic rings. The summed E-state index contributed by atoms with van der Waals surface area (Å²) in [7, 11) is 0. The Morgan fingerprint density at radius 1 is 1.03 bits per heavy atom. The van der Waals surface area contributed by atoms with Crippen LogP contribution in [-0.2, 0) is 20.4 Å². The summed E-state index contributed by atoms with van der Waals surface area (Å²) >= 11 is 0. The van der Waals surface area contributed by atoms with Gasteiger partial charge in [-0.1, -0.05) is 47.6 Å². The number of carbonyl (C=O) groups excluding carboxylic acids is 1. The molecule has 0 radical (unpaired) electrons. The molecule has 0 fully saturated rings. The number of ether oxygens (including phenoxy) is 1. The van der Waals surface area contributed by atoms with Crippen LogP contribution in [0, 0.1) is 17.0 Å². The first-order valence-electron chi connectivity index (χ1n) is 10.3. The van der Waals surface area contributed by atoms with Crippen LogP contribution < -0.4 is 0 Å². The third-order valence-corrected chi connectivity index (χ3v) is 5.32. The summed E-state index contributed by atoms with van der Waals surface area (Å²) in [5.74, 6) is -0.363. The van der Waals surface area contributed by atoms with Gasteiger partial charge in [0.25, 0.3) is 5.69 Å². The summed E-state index contributed by atoms with van der Waals surface area (Å²) in [5.41, 5.74) is 2.50. The number of aryl methyl sites for hydroxylation is 1. The lowest BCUT2D eigenvalue weighted by molar-refractivity contribution is -0.385. The second-order valence-corrected chi connectivity index (χ2v) is 10.1. The van der Waals surface area contributed by atoms with Crippen molar-refractivity contribution in [1.29, 1.82) is 0 Å². The summed E-state index contributed by atoms with van der Waals surface area (Å²) in [6.07, 6.45) is 1.61. The number of cyclic esters (lactones) is 1. The van der Waals surface area contributed by atoms with Gasteiger partial charge in [-0.25, -0.2) is 9.79 Å². The Morgan fingerprint density at radius 2 is 1.59 bits per heavy atom. The minimum absolute atomic E-state index is 0.0234. The number of hydrogen-bond acceptors (Lipinski definition) is 6. The molecule has 32 heavy (non-hydrogen) atoms. The number of carbonyl (C=O) groups is 1. The monoisotopic (exact) mass is 436 g/mol. The van der Waals surface area contributed by atoms with Crippen molar-refractivity contribution in [3.8, 4) is 5.75 Å². The molecular weight excluding hydrogens is 408 g/mol. The number of aromatic hydroxyl groups is 1. The maximum Gasteiger partial charge on any atom is 0.363 e. The molecule has 0 aliphatic carbocycles. The van der Waals surface area contributed by atoms with Crippen molar-refractivity contribution in [1.82, 2.24) is 0 Å². The van der Waals surface area contributed by atoms with E-state index >= 15 is 0 Å². The highest BCUT2D eigenvalue weighted by atomic mass is 16.6. The maximum absolute atomic E-state index is 12.5. The first-order chi connectivity index (χ1) is 14.7. The highest BCUT2D eigenvalue weighted by Crippen LogP contribution is 2.40. The first kappa shape index (κ1) is 23.2. The van der Waals surface area contributed by atoms with Gasteiger partial charge in [0.15, 0.2) is 5.70 Å². The van der Waals surface area contributed by atoms with Gasteiger partial charge in [-0.3, -0.25) is 10.1 Å². The summed E-state index contributed by atoms with van der Waals surface area (Å²) in [6, 6.07) is 8.26. The molecule has 0 unspecified atom stereocenters. The van der Waals surface area contributed by atoms with Gasteiger partial charge < -0.3 is 9.84 Å². The summed E-state index contributed by atoms with van der Waals surface area (Å²) in [5, 5.41) is 22.1. The van der Waals surface area contributed by atoms with Crippen LogP contribution >= 0.6 is 0 Å². The highest BCUT2D eigenvalue weighted by molar-refractivity contribution is 6.13. The minimum atomic E-state index is -0.633. The lowest BCUT2D eigenvalue weighted by atomic mass is 9.78. The highest BCUT2D eigenvalue weighted by Gasteiger charge is 2.29. The lowest BCUT2D eigenvalue weighted by Crippen LogP contribution is -2.17. The summed E-state index contributed by atoms with van der Waals surface area (Å²) < 4.78 is 5.30. The van der Waals surface area contributed by atoms with Crippen LogP contribution in [0.3, 0.4) is 0 Å². The van der Waals surface area contributed by atoms with Gasteiger partial charge in [0.1, 0.15) is 5.75 Å². The van der Waals surface area contributed by atoms with Crippen molar-refractivity contribution in [3.63, 3.8) is 0 Å². The van der Waals surface area contributed by atoms with E-state index < -0.39 is 10.9 Å². The van der Waals surface area contributed by atoms with E-state index in [0.29, 0.717) is 16.7 Å². The number of nitro groups is 1. The molecule has 1 N–H and O–H groups in total. The molecule has 7 nitrogen and oxygen atoms in total. The van der Waals surface area contributed by atoms with Gasteiger partial charge in [0.05, 0.1) is 4.92 Å². The second kappa shape index (κ2) is 7.89. The van der Waals surface area contributed by atoms with E-state index in [-0.39, 0.29) is 33.9 Å². The Labute approximate surface area is 187 Å². The Balaban J connectivity index is 2.11. The van der Waals surface area contributed by atoms with E-state index in [2.05, 4.69) is 4.99 Å². The molecule has 0 spiro atoms. The Bertz CT molecular complexity index is 1140. The molecule has 0 saturated carbocycles. The molecule has 2 aromatic carbocycles. The fourth-order valence-corrected chi connectivity index (χ4v) is 3.51. The van der Waals surface area contributed by atoms with Crippen molar-refractivity contribution in [2.45, 2.75) is 59.3 Å². The van der Waals surface area contributed by atoms with Crippen LogP contribution in [0.5, 0.6) is 5.75 Å². The average Bonchev–Trinajstić information content (AvgIpc) is 3.01. The molecule has 7 heteroatoms. The van der Waals surface area contributed by atoms with Crippen LogP contribution in [0.4, 0.5) is 5.69 Å². The number of phenolic OH excluding ortho intramolecular Hbond substituents is 1. The lowest BCUT2D eigenvalue weighted by Gasteiger charge is -2.27. The van der Waals surface area contributed by atoms with Crippen LogP contribution in [0.15, 0.2) is 41.0 Å². The number of phenols is 1. The zero-order chi connectivity index (χ0) is 24.0. The Kier molecular flexibility index (Phi) is 5.72. The molecular formula is C25H28N2O5. The van der Waals surface area contributed by atoms with E-state index in [4.69, 9.17) is 4.74 Å². The Morgan fingerprint density at radius 3 is 2.09 bits per heavy atom. The van der Waals surface area contributed by atoms with Crippen LogP contribution in [0.25, 0.3) is 6.08 Å². The van der Waals surface area contributed by atoms with Crippen molar-refractivity contribution in [2.75, 3.05) is 0 Å². The predicted octanol–water partition coefficient (Wildman–Crippen LogP) is 5.55. The number of nitrogens with zero attached hydrogens (tertiary/aromatic N) is 2. The first-order valence-corrected chi connectivity index (χ1v) is 10.3. The van der Waals surface area contributed by atoms with E-state index in [0.717, 1.165) is 11.1 Å². The van der Waals surface area contributed by atoms with E-state index in [1.165, 1.54) is 6.07 Å². The molecule has 1 heterocycles. The largest absolute Gasteiger partial charge is 0.507 e. The number of hydrogen-bond donors (Lipinski definition) is 1. The summed E-state index contributed by atoms with van der Waals surface area (Å²) in [6.45, 7) is 13.7. The third kappa shape index (κ3) is 4.56. The number of aliphatic imine (C=N–C) groups is 1. The minimum Gasteiger partial charge on any atom is -0.507 e. The fraction of sp³-hybridized carbons (Fsp3) is 0.360. The molecule has 2 aromatic rings. The molecule has 0 amide bonds. The molecule has 168 valence electrons. The van der Waals surface area contributed by atoms with E-state index in [1.807, 2.05) is 53.7 Å². The topological polar surface area (TPSA) is 102 Å². The van der Waals surface area contributed by atoms with Gasteiger partial charge in [-0.2, -0.15) is 0 Å². The zero-order valence-electron chi connectivity index (χ0n) is 19.4. The number of esters is 1. The fourth-order valence-electron chi connectivity index (χ4n) is 3.51. The van der Waals surface area contributed by atoms with Crippen LogP contribution in [0.2, 0.25) is 0 Å². The normalized spacial score (nSPS) is 15.7. The molecule has 0 saturated heterocycles. The van der Waals surface area contributed by atoms with Gasteiger partial charge in [-0.15, -0.1) is 0 Å². The number of benzene rings is 2. The SMILES string of the molecule is Cc1ccc(C2=N/C(=C\c3cc(C(C)(C)C)c(O)c(C(C)(C)C)c3)C(=O)O2)cc1[N+](=O)[O-]. The standard InChI is InChI=1S/C25H28N2O5/c1-14-8-9-16(13-20(14)27(30)31)22-26-19(23(29)32-22)12-15-10-17(24(2,3)4)21(28)18(11-15)25(5,6)7/h8-13,28H,1-7H3/b19-12-. The molecule has 3 rings (SSSR count). The average molecular weight is 437 g/mol. The maximum atomic E-state index is 12.5. The van der Waals surface area contributed by atoms with Gasteiger partial charge in [0.2, 0.25) is 5.90 Å². The number of nitro benzene ring substituents is 1. The van der Waals surface area contributed by atoms with Crippen molar-refractivity contribution >= 4 is 23.6 Å². The van der Waals surface area contributed by atoms with Crippen LogP contribution in [-0.4, -0.2) is 21.9 Å². The smallest absolute Gasteiger partial charge is 0.363 e. The van der Waals surface area contributed by atoms with Gasteiger partial charge in [0, 0.05) is 28.3 Å². The summed E-state index contributed by atoms with van der Waals surface area (Å²) in [4.78, 5) is 27.5. The van der Waals surface area contributed by atoms with Crippen molar-refractivity contribution in [2.24, 2.45) is 4.99 Å². The Hall–Kier alpha value is -3.48. The molecule has 0 bridgehead atoms. The second-order valence-electron chi connectivity index (χ2n) is 10.1. The van der Waals surface area contributed by atoms with Gasteiger partial charge in [-0.05, 0) is 47.6 Å². The predicted molar refractivity (Wildman–Crippen MR) is 124 cm³/mol. The van der Waals surface area contributed by atoms with E-state index in [9.17, 15) is 20.0 Å². The van der Waals surface area contributed by atoms with Crippen molar-refractivity contribution < 1.29 is 19.6 Å². The quantitative estimate of drug-likeness (QED) is 0.294. The molecule has 0 atom stereocenters. The van der Waals surface area contributed by atoms with Crippen molar-refractivity contribution in [3.05, 3.63) is 74.0 Å². The molecule has 1 aliphatic heterocycles. The molecule has 0 aromatic heterocycles. The third-order valence-electron chi connectivity index (χ3n) is 5.32.